The monoisotopic (exact) mass is 274 g/mol. The highest BCUT2D eigenvalue weighted by Crippen LogP contribution is 2.31. The van der Waals surface area contributed by atoms with Crippen LogP contribution in [-0.2, 0) is 13.1 Å². The fourth-order valence-electron chi connectivity index (χ4n) is 2.32. The number of nitrogens with two attached hydrogens (primary N) is 1. The van der Waals surface area contributed by atoms with Crippen LogP contribution in [0.1, 0.15) is 20.8 Å². The zero-order chi connectivity index (χ0) is 13.4. The van der Waals surface area contributed by atoms with Crippen LogP contribution in [0.25, 0.3) is 0 Å². The molecule has 1 aliphatic rings. The van der Waals surface area contributed by atoms with E-state index >= 15 is 0 Å². The van der Waals surface area contributed by atoms with Gasteiger partial charge in [0.25, 0.3) is 5.91 Å². The van der Waals surface area contributed by atoms with E-state index in [1.54, 1.807) is 7.11 Å². The Balaban J connectivity index is 1.85. The molecule has 2 N–H and O–H groups in total. The number of ether oxygens (including phenoxy) is 1. The number of hydrogen-bond donors (Lipinski definition) is 1. The second kappa shape index (κ2) is 4.59. The molecule has 0 saturated carbocycles. The number of hydrogen-bond acceptors (Lipinski definition) is 4. The number of carbonyl (C=O) groups excluding carboxylic acids is 1. The second-order valence-electron chi connectivity index (χ2n) is 4.51. The van der Waals surface area contributed by atoms with Gasteiger partial charge in [-0.2, -0.15) is 0 Å². The molecule has 0 atom stereocenters. The predicted octanol–water partition coefficient (Wildman–Crippen LogP) is 2.49. The Kier molecular flexibility index (Phi) is 2.91. The molecule has 5 heteroatoms. The van der Waals surface area contributed by atoms with Crippen LogP contribution >= 0.6 is 11.3 Å². The van der Waals surface area contributed by atoms with Gasteiger partial charge in [-0.25, -0.2) is 0 Å². The number of benzene rings is 1. The van der Waals surface area contributed by atoms with Crippen LogP contribution in [0.4, 0.5) is 5.69 Å². The fourth-order valence-corrected chi connectivity index (χ4v) is 3.14. The first-order valence-corrected chi connectivity index (χ1v) is 6.85. The van der Waals surface area contributed by atoms with Crippen molar-refractivity contribution >= 4 is 22.9 Å². The third kappa shape index (κ3) is 2.06. The van der Waals surface area contributed by atoms with Crippen molar-refractivity contribution < 1.29 is 9.53 Å². The van der Waals surface area contributed by atoms with Crippen LogP contribution in [0.15, 0.2) is 29.6 Å². The molecular formula is C14H14N2O2S. The van der Waals surface area contributed by atoms with Crippen molar-refractivity contribution in [3.8, 4) is 5.75 Å². The summed E-state index contributed by atoms with van der Waals surface area (Å²) < 4.78 is 5.21. The van der Waals surface area contributed by atoms with Crippen LogP contribution < -0.4 is 10.5 Å². The SMILES string of the molecule is COc1ccsc1C(=O)N1Cc2ccc(N)cc2C1. The van der Waals surface area contributed by atoms with Gasteiger partial charge in [0.1, 0.15) is 10.6 Å². The highest BCUT2D eigenvalue weighted by molar-refractivity contribution is 7.12. The molecule has 1 amide bonds. The quantitative estimate of drug-likeness (QED) is 0.856. The summed E-state index contributed by atoms with van der Waals surface area (Å²) in [6, 6.07) is 7.62. The van der Waals surface area contributed by atoms with Gasteiger partial charge in [-0.15, -0.1) is 11.3 Å². The molecule has 4 nitrogen and oxygen atoms in total. The molecule has 19 heavy (non-hydrogen) atoms. The Bertz CT molecular complexity index is 636. The first kappa shape index (κ1) is 12.0. The van der Waals surface area contributed by atoms with E-state index in [0.717, 1.165) is 16.8 Å². The molecule has 3 rings (SSSR count). The number of fused-ring (bicyclic) bond motifs is 1. The zero-order valence-corrected chi connectivity index (χ0v) is 11.4. The van der Waals surface area contributed by atoms with Crippen molar-refractivity contribution in [1.29, 1.82) is 0 Å². The first-order chi connectivity index (χ1) is 9.19. The third-order valence-electron chi connectivity index (χ3n) is 3.28. The maximum atomic E-state index is 12.5. The minimum Gasteiger partial charge on any atom is -0.495 e. The summed E-state index contributed by atoms with van der Waals surface area (Å²) in [6.07, 6.45) is 0. The first-order valence-electron chi connectivity index (χ1n) is 5.97. The summed E-state index contributed by atoms with van der Waals surface area (Å²) in [7, 11) is 1.58. The molecule has 0 bridgehead atoms. The number of carbonyl (C=O) groups is 1. The van der Waals surface area contributed by atoms with E-state index in [4.69, 9.17) is 10.5 Å². The van der Waals surface area contributed by atoms with Gasteiger partial charge in [0.2, 0.25) is 0 Å². The largest absolute Gasteiger partial charge is 0.495 e. The molecule has 2 aromatic rings. The molecule has 98 valence electrons. The molecule has 1 aliphatic heterocycles. The van der Waals surface area contributed by atoms with Gasteiger partial charge in [0.05, 0.1) is 7.11 Å². The van der Waals surface area contributed by atoms with E-state index in [1.807, 2.05) is 34.5 Å². The predicted molar refractivity (Wildman–Crippen MR) is 75.3 cm³/mol. The van der Waals surface area contributed by atoms with Crippen LogP contribution in [0.2, 0.25) is 0 Å². The number of nitrogens with zero attached hydrogens (tertiary/aromatic N) is 1. The van der Waals surface area contributed by atoms with Crippen molar-refractivity contribution in [2.75, 3.05) is 12.8 Å². The van der Waals surface area contributed by atoms with Crippen molar-refractivity contribution in [2.24, 2.45) is 0 Å². The maximum absolute atomic E-state index is 12.5. The molecule has 1 aromatic carbocycles. The lowest BCUT2D eigenvalue weighted by molar-refractivity contribution is 0.0753. The van der Waals surface area contributed by atoms with E-state index in [9.17, 15) is 4.79 Å². The molecule has 0 saturated heterocycles. The van der Waals surface area contributed by atoms with E-state index in [-0.39, 0.29) is 5.91 Å². The molecular weight excluding hydrogens is 260 g/mol. The fraction of sp³-hybridized carbons (Fsp3) is 0.214. The van der Waals surface area contributed by atoms with Gasteiger partial charge in [0.15, 0.2) is 0 Å². The minimum absolute atomic E-state index is 0.0154. The van der Waals surface area contributed by atoms with Crippen molar-refractivity contribution in [2.45, 2.75) is 13.1 Å². The van der Waals surface area contributed by atoms with E-state index < -0.39 is 0 Å². The topological polar surface area (TPSA) is 55.6 Å². The van der Waals surface area contributed by atoms with E-state index in [1.165, 1.54) is 11.3 Å². The number of nitrogen functional groups attached to an aromatic ring is 1. The lowest BCUT2D eigenvalue weighted by Crippen LogP contribution is -2.24. The average Bonchev–Trinajstić information content (AvgIpc) is 3.03. The summed E-state index contributed by atoms with van der Waals surface area (Å²) >= 11 is 1.41. The average molecular weight is 274 g/mol. The number of methoxy groups -OCH3 is 1. The number of amides is 1. The Morgan fingerprint density at radius 1 is 1.32 bits per heavy atom. The van der Waals surface area contributed by atoms with Crippen molar-refractivity contribution in [1.82, 2.24) is 4.90 Å². The summed E-state index contributed by atoms with van der Waals surface area (Å²) in [5, 5.41) is 1.87. The summed E-state index contributed by atoms with van der Waals surface area (Å²) in [5.74, 6) is 0.659. The molecule has 0 radical (unpaired) electrons. The van der Waals surface area contributed by atoms with Crippen LogP contribution in [0.3, 0.4) is 0 Å². The minimum atomic E-state index is 0.0154. The number of thiophene rings is 1. The van der Waals surface area contributed by atoms with E-state index in [2.05, 4.69) is 0 Å². The van der Waals surface area contributed by atoms with Gasteiger partial charge in [-0.05, 0) is 34.7 Å². The molecule has 0 spiro atoms. The van der Waals surface area contributed by atoms with Crippen LogP contribution in [0, 0.1) is 0 Å². The maximum Gasteiger partial charge on any atom is 0.268 e. The van der Waals surface area contributed by atoms with Gasteiger partial charge in [0, 0.05) is 18.8 Å². The Hall–Kier alpha value is -2.01. The standard InChI is InChI=1S/C14H14N2O2S/c1-18-12-4-5-19-13(12)14(17)16-7-9-2-3-11(15)6-10(9)8-16/h2-6H,7-8,15H2,1H3. The smallest absolute Gasteiger partial charge is 0.268 e. The Morgan fingerprint density at radius 3 is 2.89 bits per heavy atom. The van der Waals surface area contributed by atoms with Gasteiger partial charge < -0.3 is 15.4 Å². The van der Waals surface area contributed by atoms with Crippen LogP contribution in [0.5, 0.6) is 5.75 Å². The third-order valence-corrected chi connectivity index (χ3v) is 4.17. The molecule has 0 fully saturated rings. The Labute approximate surface area is 115 Å². The lowest BCUT2D eigenvalue weighted by atomic mass is 10.1. The van der Waals surface area contributed by atoms with Gasteiger partial charge in [-0.1, -0.05) is 6.07 Å². The molecule has 0 aliphatic carbocycles. The highest BCUT2D eigenvalue weighted by atomic mass is 32.1. The zero-order valence-electron chi connectivity index (χ0n) is 10.6. The van der Waals surface area contributed by atoms with E-state index in [0.29, 0.717) is 23.7 Å². The number of anilines is 1. The van der Waals surface area contributed by atoms with Crippen LogP contribution in [-0.4, -0.2) is 17.9 Å². The second-order valence-corrected chi connectivity index (χ2v) is 5.42. The van der Waals surface area contributed by atoms with Crippen molar-refractivity contribution in [3.63, 3.8) is 0 Å². The Morgan fingerprint density at radius 2 is 2.11 bits per heavy atom. The molecule has 1 aromatic heterocycles. The number of rotatable bonds is 2. The highest BCUT2D eigenvalue weighted by Gasteiger charge is 2.26. The van der Waals surface area contributed by atoms with Gasteiger partial charge in [-0.3, -0.25) is 4.79 Å². The molecule has 0 unspecified atom stereocenters. The summed E-state index contributed by atoms with van der Waals surface area (Å²) in [6.45, 7) is 1.25. The van der Waals surface area contributed by atoms with Crippen molar-refractivity contribution in [3.05, 3.63) is 45.6 Å². The molecule has 2 heterocycles. The summed E-state index contributed by atoms with van der Waals surface area (Å²) in [4.78, 5) is 14.9. The van der Waals surface area contributed by atoms with Gasteiger partial charge >= 0.3 is 0 Å². The lowest BCUT2D eigenvalue weighted by Gasteiger charge is -2.14. The summed E-state index contributed by atoms with van der Waals surface area (Å²) in [5.41, 5.74) is 8.80. The normalized spacial score (nSPS) is 13.4.